The molecule has 1 amide bonds. The molecule has 1 saturated heterocycles. The van der Waals surface area contributed by atoms with Gasteiger partial charge < -0.3 is 18.9 Å². The molecule has 1 fully saturated rings. The van der Waals surface area contributed by atoms with Crippen molar-refractivity contribution >= 4 is 22.4 Å². The van der Waals surface area contributed by atoms with Gasteiger partial charge in [0.05, 0.1) is 39.2 Å². The van der Waals surface area contributed by atoms with Gasteiger partial charge in [-0.3, -0.25) is 13.9 Å². The van der Waals surface area contributed by atoms with Crippen LogP contribution in [-0.4, -0.2) is 44.3 Å². The fourth-order valence-electron chi connectivity index (χ4n) is 3.09. The molecule has 0 radical (unpaired) electrons. The van der Waals surface area contributed by atoms with Crippen LogP contribution in [0.2, 0.25) is 0 Å². The van der Waals surface area contributed by atoms with Crippen LogP contribution < -0.4 is 23.8 Å². The number of rotatable bonds is 6. The zero-order valence-corrected chi connectivity index (χ0v) is 16.4. The van der Waals surface area contributed by atoms with Crippen LogP contribution in [-0.2, 0) is 15.6 Å². The second kappa shape index (κ2) is 7.87. The summed E-state index contributed by atoms with van der Waals surface area (Å²) in [6.07, 6.45) is 0. The molecule has 2 aromatic carbocycles. The second-order valence-electron chi connectivity index (χ2n) is 5.80. The van der Waals surface area contributed by atoms with Crippen molar-refractivity contribution < 1.29 is 28.0 Å². The maximum Gasteiger partial charge on any atom is 0.241 e. The highest BCUT2D eigenvalue weighted by Gasteiger charge is 2.40. The van der Waals surface area contributed by atoms with E-state index in [9.17, 15) is 9.00 Å². The average molecular weight is 391 g/mol. The molecule has 0 bridgehead atoms. The second-order valence-corrected chi connectivity index (χ2v) is 7.29. The number of methoxy groups -OCH3 is 4. The number of carbonyl (C=O) groups excluding carboxylic acids is 1. The van der Waals surface area contributed by atoms with E-state index >= 15 is 0 Å². The molecule has 0 aliphatic carbocycles. The van der Waals surface area contributed by atoms with Crippen molar-refractivity contribution in [1.82, 2.24) is 0 Å². The number of carbonyl (C=O) groups is 1. The minimum absolute atomic E-state index is 0.0483. The molecule has 1 aliphatic heterocycles. The average Bonchev–Trinajstić information content (AvgIpc) is 3.00. The third-order valence-corrected chi connectivity index (χ3v) is 5.85. The van der Waals surface area contributed by atoms with Gasteiger partial charge in [-0.15, -0.1) is 0 Å². The van der Waals surface area contributed by atoms with E-state index in [2.05, 4.69) is 0 Å². The third kappa shape index (κ3) is 3.44. The summed E-state index contributed by atoms with van der Waals surface area (Å²) in [6, 6.07) is 10.5. The summed E-state index contributed by atoms with van der Waals surface area (Å²) in [5.41, 5.74) is 1.29. The number of anilines is 1. The zero-order chi connectivity index (χ0) is 19.6. The minimum atomic E-state index is -1.42. The number of benzene rings is 2. The predicted molar refractivity (Wildman–Crippen MR) is 102 cm³/mol. The van der Waals surface area contributed by atoms with Gasteiger partial charge in [0.2, 0.25) is 11.7 Å². The first kappa shape index (κ1) is 19.0. The first-order valence-electron chi connectivity index (χ1n) is 8.17. The summed E-state index contributed by atoms with van der Waals surface area (Å²) in [4.78, 5) is 14.1. The Labute approximate surface area is 160 Å². The SMILES string of the molecule is COc1ccc(N2C(=O)CS(=O)C2c2cc(OC)c(OC)c(OC)c2)cc1. The summed E-state index contributed by atoms with van der Waals surface area (Å²) in [6.45, 7) is 0. The van der Waals surface area contributed by atoms with Crippen molar-refractivity contribution in [1.29, 1.82) is 0 Å². The standard InChI is InChI=1S/C19H21NO6S/c1-23-14-7-5-13(6-8-14)20-17(21)11-27(22)19(20)12-9-15(24-2)18(26-4)16(10-12)25-3/h5-10,19H,11H2,1-4H3. The van der Waals surface area contributed by atoms with Crippen molar-refractivity contribution in [3.63, 3.8) is 0 Å². The molecule has 0 spiro atoms. The Morgan fingerprint density at radius 2 is 1.52 bits per heavy atom. The first-order valence-corrected chi connectivity index (χ1v) is 9.55. The summed E-state index contributed by atoms with van der Waals surface area (Å²) in [7, 11) is 4.70. The quantitative estimate of drug-likeness (QED) is 0.753. The monoisotopic (exact) mass is 391 g/mol. The van der Waals surface area contributed by atoms with E-state index < -0.39 is 16.2 Å². The van der Waals surface area contributed by atoms with Gasteiger partial charge in [0.25, 0.3) is 0 Å². The van der Waals surface area contributed by atoms with Gasteiger partial charge in [-0.25, -0.2) is 0 Å². The van der Waals surface area contributed by atoms with E-state index in [0.29, 0.717) is 34.2 Å². The Hall–Kier alpha value is -2.74. The highest BCUT2D eigenvalue weighted by Crippen LogP contribution is 2.43. The number of hydrogen-bond acceptors (Lipinski definition) is 6. The Kier molecular flexibility index (Phi) is 5.55. The maximum absolute atomic E-state index is 12.8. The summed E-state index contributed by atoms with van der Waals surface area (Å²) >= 11 is 0. The van der Waals surface area contributed by atoms with E-state index in [4.69, 9.17) is 18.9 Å². The third-order valence-electron chi connectivity index (χ3n) is 4.34. The van der Waals surface area contributed by atoms with Crippen LogP contribution >= 0.6 is 0 Å². The molecular weight excluding hydrogens is 370 g/mol. The molecule has 0 aromatic heterocycles. The van der Waals surface area contributed by atoms with Gasteiger partial charge in [0.15, 0.2) is 11.5 Å². The van der Waals surface area contributed by atoms with Gasteiger partial charge in [-0.2, -0.15) is 0 Å². The molecular formula is C19H21NO6S. The van der Waals surface area contributed by atoms with Gasteiger partial charge in [0, 0.05) is 5.69 Å². The Morgan fingerprint density at radius 1 is 0.926 bits per heavy atom. The summed E-state index contributed by atoms with van der Waals surface area (Å²) in [5, 5.41) is -0.653. The van der Waals surface area contributed by atoms with Gasteiger partial charge >= 0.3 is 0 Å². The summed E-state index contributed by atoms with van der Waals surface area (Å²) < 4.78 is 34.0. The number of ether oxygens (including phenoxy) is 4. The van der Waals surface area contributed by atoms with E-state index in [0.717, 1.165) is 0 Å². The van der Waals surface area contributed by atoms with Gasteiger partial charge in [0.1, 0.15) is 16.9 Å². The maximum atomic E-state index is 12.8. The van der Waals surface area contributed by atoms with E-state index in [1.165, 1.54) is 26.2 Å². The van der Waals surface area contributed by atoms with Gasteiger partial charge in [-0.05, 0) is 42.0 Å². The Bertz CT molecular complexity index is 842. The highest BCUT2D eigenvalue weighted by molar-refractivity contribution is 7.86. The first-order chi connectivity index (χ1) is 13.0. The smallest absolute Gasteiger partial charge is 0.241 e. The molecule has 3 rings (SSSR count). The molecule has 7 nitrogen and oxygen atoms in total. The fourth-order valence-corrected chi connectivity index (χ4v) is 4.54. The molecule has 1 aliphatic rings. The molecule has 27 heavy (non-hydrogen) atoms. The fraction of sp³-hybridized carbons (Fsp3) is 0.316. The molecule has 8 heteroatoms. The van der Waals surface area contributed by atoms with Crippen LogP contribution in [0.1, 0.15) is 10.9 Å². The largest absolute Gasteiger partial charge is 0.497 e. The Balaban J connectivity index is 2.09. The molecule has 1 heterocycles. The number of nitrogens with zero attached hydrogens (tertiary/aromatic N) is 1. The van der Waals surface area contributed by atoms with Crippen LogP contribution in [0.3, 0.4) is 0 Å². The molecule has 2 unspecified atom stereocenters. The molecule has 2 aromatic rings. The summed E-state index contributed by atoms with van der Waals surface area (Å²) in [5.74, 6) is 1.74. The van der Waals surface area contributed by atoms with Crippen LogP contribution in [0.4, 0.5) is 5.69 Å². The van der Waals surface area contributed by atoms with Crippen molar-refractivity contribution in [2.24, 2.45) is 0 Å². The Morgan fingerprint density at radius 3 is 2.00 bits per heavy atom. The van der Waals surface area contributed by atoms with Crippen LogP contribution in [0.25, 0.3) is 0 Å². The lowest BCUT2D eigenvalue weighted by Gasteiger charge is -2.25. The molecule has 0 saturated carbocycles. The lowest BCUT2D eigenvalue weighted by Crippen LogP contribution is -2.28. The highest BCUT2D eigenvalue weighted by atomic mass is 32.2. The van der Waals surface area contributed by atoms with Crippen molar-refractivity contribution in [3.05, 3.63) is 42.0 Å². The number of amides is 1. The molecule has 144 valence electrons. The van der Waals surface area contributed by atoms with Crippen LogP contribution in [0, 0.1) is 0 Å². The predicted octanol–water partition coefficient (Wildman–Crippen LogP) is 2.52. The van der Waals surface area contributed by atoms with Crippen LogP contribution in [0.5, 0.6) is 23.0 Å². The van der Waals surface area contributed by atoms with E-state index in [1.807, 2.05) is 0 Å². The lowest BCUT2D eigenvalue weighted by atomic mass is 10.1. The number of hydrogen-bond donors (Lipinski definition) is 0. The molecule has 2 atom stereocenters. The normalized spacial score (nSPS) is 19.1. The van der Waals surface area contributed by atoms with Crippen molar-refractivity contribution in [3.8, 4) is 23.0 Å². The van der Waals surface area contributed by atoms with E-state index in [1.54, 1.807) is 43.5 Å². The van der Waals surface area contributed by atoms with Crippen molar-refractivity contribution in [2.75, 3.05) is 39.1 Å². The minimum Gasteiger partial charge on any atom is -0.497 e. The topological polar surface area (TPSA) is 74.3 Å². The van der Waals surface area contributed by atoms with Crippen LogP contribution in [0.15, 0.2) is 36.4 Å². The van der Waals surface area contributed by atoms with Gasteiger partial charge in [-0.1, -0.05) is 0 Å². The van der Waals surface area contributed by atoms with E-state index in [-0.39, 0.29) is 11.7 Å². The molecule has 0 N–H and O–H groups in total. The lowest BCUT2D eigenvalue weighted by molar-refractivity contribution is -0.115. The zero-order valence-electron chi connectivity index (χ0n) is 15.6. The van der Waals surface area contributed by atoms with Crippen molar-refractivity contribution in [2.45, 2.75) is 5.37 Å².